The Morgan fingerprint density at radius 1 is 1.40 bits per heavy atom. The van der Waals surface area contributed by atoms with E-state index in [4.69, 9.17) is 0 Å². The van der Waals surface area contributed by atoms with Gasteiger partial charge in [-0.05, 0) is 0 Å². The van der Waals surface area contributed by atoms with Crippen LogP contribution in [-0.4, -0.2) is 17.9 Å². The van der Waals surface area contributed by atoms with Crippen molar-refractivity contribution in [3.8, 4) is 0 Å². The molecule has 4 nitrogen and oxygen atoms in total. The molecule has 0 saturated carbocycles. The van der Waals surface area contributed by atoms with Gasteiger partial charge in [0.2, 0.25) is 0 Å². The van der Waals surface area contributed by atoms with Gasteiger partial charge in [-0.25, -0.2) is 5.53 Å². The summed E-state index contributed by atoms with van der Waals surface area (Å²) in [6.07, 6.45) is 0. The number of nitrogens with zero attached hydrogens (tertiary/aromatic N) is 2. The standard InChI is InChI=1S/C6H14N4/c1-6(2,3)5-7-8-9-10(5)4/h8-9H,1-4H3. The number of hydrazine groups is 2. The highest BCUT2D eigenvalue weighted by molar-refractivity contribution is 5.87. The molecule has 0 fully saturated rings. The fourth-order valence-corrected chi connectivity index (χ4v) is 0.952. The van der Waals surface area contributed by atoms with Gasteiger partial charge in [-0.15, -0.1) is 10.6 Å². The highest BCUT2D eigenvalue weighted by Gasteiger charge is 2.25. The summed E-state index contributed by atoms with van der Waals surface area (Å²) >= 11 is 0. The normalized spacial score (nSPS) is 18.8. The second kappa shape index (κ2) is 2.12. The zero-order valence-corrected chi connectivity index (χ0v) is 6.89. The molecule has 0 atom stereocenters. The number of rotatable bonds is 0. The molecule has 0 saturated heterocycles. The minimum atomic E-state index is 0.102. The van der Waals surface area contributed by atoms with E-state index in [1.807, 2.05) is 12.1 Å². The Morgan fingerprint density at radius 3 is 2.20 bits per heavy atom. The third kappa shape index (κ3) is 1.21. The van der Waals surface area contributed by atoms with Gasteiger partial charge in [0, 0.05) is 12.5 Å². The summed E-state index contributed by atoms with van der Waals surface area (Å²) in [7, 11) is 1.93. The third-order valence-corrected chi connectivity index (χ3v) is 1.37. The summed E-state index contributed by atoms with van der Waals surface area (Å²) in [6.45, 7) is 6.37. The Hall–Kier alpha value is -0.770. The van der Waals surface area contributed by atoms with Gasteiger partial charge in [0.25, 0.3) is 0 Å². The molecular formula is C6H14N4. The number of amidine groups is 1. The van der Waals surface area contributed by atoms with Gasteiger partial charge in [-0.3, -0.25) is 5.01 Å². The van der Waals surface area contributed by atoms with Crippen LogP contribution in [0.4, 0.5) is 0 Å². The fraction of sp³-hybridized carbons (Fsp3) is 0.833. The van der Waals surface area contributed by atoms with Gasteiger partial charge < -0.3 is 0 Å². The van der Waals surface area contributed by atoms with E-state index in [1.54, 1.807) is 0 Å². The maximum absolute atomic E-state index is 4.07. The average Bonchev–Trinajstić information content (AvgIpc) is 2.11. The summed E-state index contributed by atoms with van der Waals surface area (Å²) < 4.78 is 0. The topological polar surface area (TPSA) is 39.7 Å². The van der Waals surface area contributed by atoms with Gasteiger partial charge in [0.1, 0.15) is 5.84 Å². The van der Waals surface area contributed by atoms with Crippen molar-refractivity contribution >= 4 is 5.84 Å². The molecule has 58 valence electrons. The Kier molecular flexibility index (Phi) is 1.56. The molecule has 1 aliphatic rings. The predicted molar refractivity (Wildman–Crippen MR) is 40.9 cm³/mol. The van der Waals surface area contributed by atoms with E-state index < -0.39 is 0 Å². The zero-order valence-electron chi connectivity index (χ0n) is 6.89. The Labute approximate surface area is 61.2 Å². The van der Waals surface area contributed by atoms with Crippen molar-refractivity contribution in [2.24, 2.45) is 10.5 Å². The van der Waals surface area contributed by atoms with Crippen molar-refractivity contribution in [1.82, 2.24) is 16.1 Å². The first-order chi connectivity index (χ1) is 4.52. The predicted octanol–water partition coefficient (Wildman–Crippen LogP) is 0.301. The SMILES string of the molecule is CN1NNN=C1C(C)(C)C. The summed E-state index contributed by atoms with van der Waals surface area (Å²) in [5.41, 5.74) is 5.65. The number of hydrogen-bond acceptors (Lipinski definition) is 4. The first-order valence-corrected chi connectivity index (χ1v) is 3.34. The van der Waals surface area contributed by atoms with Gasteiger partial charge in [0.05, 0.1) is 0 Å². The molecule has 1 heterocycles. The molecule has 4 heteroatoms. The molecule has 2 N–H and O–H groups in total. The van der Waals surface area contributed by atoms with E-state index >= 15 is 0 Å². The van der Waals surface area contributed by atoms with E-state index in [1.165, 1.54) is 0 Å². The molecule has 0 aromatic heterocycles. The van der Waals surface area contributed by atoms with Crippen molar-refractivity contribution in [3.05, 3.63) is 0 Å². The maximum atomic E-state index is 4.07. The van der Waals surface area contributed by atoms with Crippen LogP contribution in [0.5, 0.6) is 0 Å². The summed E-state index contributed by atoms with van der Waals surface area (Å²) in [5, 5.41) is 5.94. The van der Waals surface area contributed by atoms with Crippen LogP contribution in [0.15, 0.2) is 5.10 Å². The van der Waals surface area contributed by atoms with Gasteiger partial charge >= 0.3 is 0 Å². The van der Waals surface area contributed by atoms with Gasteiger partial charge in [-0.2, -0.15) is 0 Å². The van der Waals surface area contributed by atoms with Crippen LogP contribution in [0.2, 0.25) is 0 Å². The van der Waals surface area contributed by atoms with Crippen LogP contribution >= 0.6 is 0 Å². The van der Waals surface area contributed by atoms with Crippen LogP contribution in [0.25, 0.3) is 0 Å². The molecule has 1 aliphatic heterocycles. The lowest BCUT2D eigenvalue weighted by atomic mass is 9.95. The number of hydrazone groups is 1. The smallest absolute Gasteiger partial charge is 0.147 e. The molecule has 0 spiro atoms. The van der Waals surface area contributed by atoms with Crippen molar-refractivity contribution in [2.45, 2.75) is 20.8 Å². The summed E-state index contributed by atoms with van der Waals surface area (Å²) in [6, 6.07) is 0. The van der Waals surface area contributed by atoms with Crippen LogP contribution in [0.3, 0.4) is 0 Å². The Bertz CT molecular complexity index is 156. The molecule has 0 aliphatic carbocycles. The minimum Gasteiger partial charge on any atom is -0.278 e. The second-order valence-electron chi connectivity index (χ2n) is 3.47. The van der Waals surface area contributed by atoms with E-state index in [2.05, 4.69) is 36.9 Å². The molecule has 0 amide bonds. The molecule has 0 aromatic rings. The molecule has 1 rings (SSSR count). The molecule has 0 radical (unpaired) electrons. The fourth-order valence-electron chi connectivity index (χ4n) is 0.952. The lowest BCUT2D eigenvalue weighted by molar-refractivity contribution is 0.326. The summed E-state index contributed by atoms with van der Waals surface area (Å²) in [4.78, 5) is 0. The van der Waals surface area contributed by atoms with Gasteiger partial charge in [0.15, 0.2) is 0 Å². The van der Waals surface area contributed by atoms with Crippen LogP contribution in [0, 0.1) is 5.41 Å². The Morgan fingerprint density at radius 2 is 2.00 bits per heavy atom. The van der Waals surface area contributed by atoms with Crippen LogP contribution < -0.4 is 11.1 Å². The van der Waals surface area contributed by atoms with E-state index in [-0.39, 0.29) is 5.41 Å². The molecule has 0 bridgehead atoms. The van der Waals surface area contributed by atoms with E-state index in [0.717, 1.165) is 5.84 Å². The average molecular weight is 142 g/mol. The summed E-state index contributed by atoms with van der Waals surface area (Å²) in [5.74, 6) is 1.02. The highest BCUT2D eigenvalue weighted by Crippen LogP contribution is 2.17. The van der Waals surface area contributed by atoms with Crippen molar-refractivity contribution in [3.63, 3.8) is 0 Å². The van der Waals surface area contributed by atoms with Crippen LogP contribution in [-0.2, 0) is 0 Å². The lowest BCUT2D eigenvalue weighted by Gasteiger charge is -2.23. The quantitative estimate of drug-likeness (QED) is 0.511. The molecule has 0 unspecified atom stereocenters. The van der Waals surface area contributed by atoms with Crippen LogP contribution in [0.1, 0.15) is 20.8 Å². The third-order valence-electron chi connectivity index (χ3n) is 1.37. The largest absolute Gasteiger partial charge is 0.278 e. The molecular weight excluding hydrogens is 128 g/mol. The first kappa shape index (κ1) is 7.34. The second-order valence-corrected chi connectivity index (χ2v) is 3.47. The van der Waals surface area contributed by atoms with Gasteiger partial charge in [-0.1, -0.05) is 20.8 Å². The minimum absolute atomic E-state index is 0.102. The molecule has 10 heavy (non-hydrogen) atoms. The number of nitrogens with one attached hydrogen (secondary N) is 2. The van der Waals surface area contributed by atoms with Crippen molar-refractivity contribution < 1.29 is 0 Å². The van der Waals surface area contributed by atoms with E-state index in [0.29, 0.717) is 0 Å². The van der Waals surface area contributed by atoms with Crippen molar-refractivity contribution in [2.75, 3.05) is 7.05 Å². The zero-order chi connectivity index (χ0) is 7.78. The maximum Gasteiger partial charge on any atom is 0.147 e. The monoisotopic (exact) mass is 142 g/mol. The number of hydrogen-bond donors (Lipinski definition) is 2. The van der Waals surface area contributed by atoms with E-state index in [9.17, 15) is 0 Å². The lowest BCUT2D eigenvalue weighted by Crippen LogP contribution is -2.41. The van der Waals surface area contributed by atoms with Crippen molar-refractivity contribution in [1.29, 1.82) is 0 Å². The molecule has 0 aromatic carbocycles. The highest BCUT2D eigenvalue weighted by atomic mass is 15.8. The first-order valence-electron chi connectivity index (χ1n) is 3.34. The Balaban J connectivity index is 2.72.